The smallest absolute Gasteiger partial charge is 0.246 e. The van der Waals surface area contributed by atoms with Gasteiger partial charge in [-0.25, -0.2) is 0 Å². The molecule has 0 radical (unpaired) electrons. The topological polar surface area (TPSA) is 50.4 Å². The number of carbonyl (C=O) groups is 1. The third kappa shape index (κ3) is 5.02. The van der Waals surface area contributed by atoms with Gasteiger partial charge in [0.2, 0.25) is 5.91 Å². The van der Waals surface area contributed by atoms with E-state index in [9.17, 15) is 4.79 Å². The summed E-state index contributed by atoms with van der Waals surface area (Å²) in [7, 11) is 0. The lowest BCUT2D eigenvalue weighted by Gasteiger charge is -2.16. The van der Waals surface area contributed by atoms with Crippen LogP contribution in [0, 0.1) is 0 Å². The molecule has 0 spiro atoms. The second-order valence-electron chi connectivity index (χ2n) is 5.36. The number of anilines is 2. The Balaban J connectivity index is 1.90. The molecule has 1 amide bonds. The zero-order valence-corrected chi connectivity index (χ0v) is 13.9. The summed E-state index contributed by atoms with van der Waals surface area (Å²) in [5.41, 5.74) is 2.95. The molecule has 2 rings (SSSR count). The van der Waals surface area contributed by atoms with Crippen molar-refractivity contribution in [2.45, 2.75) is 33.2 Å². The number of hydrogen-bond donors (Lipinski definition) is 2. The van der Waals surface area contributed by atoms with E-state index < -0.39 is 0 Å². The van der Waals surface area contributed by atoms with Crippen molar-refractivity contribution >= 4 is 17.3 Å². The Morgan fingerprint density at radius 2 is 1.61 bits per heavy atom. The largest absolute Gasteiger partial charge is 0.494 e. The standard InChI is InChI=1S/C19H24N2O2/c1-4-15-6-8-17(9-7-15)21-19(22)14(3)20-16-10-12-18(13-11-16)23-5-2/h6-14,20H,4-5H2,1-3H3,(H,21,22)/t14-/m0/s1. The van der Waals surface area contributed by atoms with Crippen LogP contribution in [-0.2, 0) is 11.2 Å². The highest BCUT2D eigenvalue weighted by atomic mass is 16.5. The normalized spacial score (nSPS) is 11.6. The molecule has 4 nitrogen and oxygen atoms in total. The number of nitrogens with one attached hydrogen (secondary N) is 2. The van der Waals surface area contributed by atoms with Crippen LogP contribution in [0.5, 0.6) is 5.75 Å². The maximum Gasteiger partial charge on any atom is 0.246 e. The molecule has 0 fully saturated rings. The summed E-state index contributed by atoms with van der Waals surface area (Å²) in [5.74, 6) is 0.759. The fourth-order valence-corrected chi connectivity index (χ4v) is 2.20. The molecule has 0 aromatic heterocycles. The summed E-state index contributed by atoms with van der Waals surface area (Å²) in [6, 6.07) is 15.2. The second kappa shape index (κ2) is 8.22. The summed E-state index contributed by atoms with van der Waals surface area (Å²) in [4.78, 5) is 12.2. The van der Waals surface area contributed by atoms with Crippen molar-refractivity contribution < 1.29 is 9.53 Å². The van der Waals surface area contributed by atoms with Gasteiger partial charge in [0, 0.05) is 11.4 Å². The van der Waals surface area contributed by atoms with Crippen LogP contribution in [0.4, 0.5) is 11.4 Å². The van der Waals surface area contributed by atoms with Crippen LogP contribution in [0.1, 0.15) is 26.3 Å². The number of hydrogen-bond acceptors (Lipinski definition) is 3. The van der Waals surface area contributed by atoms with Gasteiger partial charge in [0.05, 0.1) is 6.61 Å². The molecule has 23 heavy (non-hydrogen) atoms. The Labute approximate surface area is 137 Å². The van der Waals surface area contributed by atoms with Gasteiger partial charge in [-0.3, -0.25) is 4.79 Å². The molecule has 2 aromatic rings. The zero-order chi connectivity index (χ0) is 16.7. The van der Waals surface area contributed by atoms with E-state index in [1.165, 1.54) is 5.56 Å². The van der Waals surface area contributed by atoms with E-state index >= 15 is 0 Å². The molecule has 0 saturated heterocycles. The van der Waals surface area contributed by atoms with Gasteiger partial charge in [0.15, 0.2) is 0 Å². The zero-order valence-electron chi connectivity index (χ0n) is 13.9. The van der Waals surface area contributed by atoms with Gasteiger partial charge >= 0.3 is 0 Å². The van der Waals surface area contributed by atoms with Gasteiger partial charge in [-0.15, -0.1) is 0 Å². The Morgan fingerprint density at radius 1 is 1.00 bits per heavy atom. The monoisotopic (exact) mass is 312 g/mol. The molecule has 4 heteroatoms. The van der Waals surface area contributed by atoms with Crippen molar-refractivity contribution in [1.29, 1.82) is 0 Å². The first-order valence-electron chi connectivity index (χ1n) is 8.01. The summed E-state index contributed by atoms with van der Waals surface area (Å²) >= 11 is 0. The third-order valence-corrected chi connectivity index (χ3v) is 3.57. The molecule has 2 aromatic carbocycles. The van der Waals surface area contributed by atoms with Crippen LogP contribution < -0.4 is 15.4 Å². The summed E-state index contributed by atoms with van der Waals surface area (Å²) < 4.78 is 5.40. The highest BCUT2D eigenvalue weighted by Crippen LogP contribution is 2.17. The Kier molecular flexibility index (Phi) is 6.03. The molecule has 0 heterocycles. The molecule has 0 saturated carbocycles. The average Bonchev–Trinajstić information content (AvgIpc) is 2.57. The van der Waals surface area contributed by atoms with E-state index in [0.717, 1.165) is 23.5 Å². The Hall–Kier alpha value is -2.49. The van der Waals surface area contributed by atoms with Gasteiger partial charge in [-0.2, -0.15) is 0 Å². The summed E-state index contributed by atoms with van der Waals surface area (Å²) in [6.07, 6.45) is 0.990. The van der Waals surface area contributed by atoms with Crippen LogP contribution >= 0.6 is 0 Å². The minimum absolute atomic E-state index is 0.0665. The number of aryl methyl sites for hydroxylation is 1. The lowest BCUT2D eigenvalue weighted by molar-refractivity contribution is -0.116. The van der Waals surface area contributed by atoms with Crippen LogP contribution in [0.3, 0.4) is 0 Å². The quantitative estimate of drug-likeness (QED) is 0.809. The first kappa shape index (κ1) is 16.9. The summed E-state index contributed by atoms with van der Waals surface area (Å²) in [5, 5.41) is 6.10. The van der Waals surface area contributed by atoms with E-state index in [1.54, 1.807) is 0 Å². The summed E-state index contributed by atoms with van der Waals surface area (Å²) in [6.45, 7) is 6.54. The van der Waals surface area contributed by atoms with Crippen molar-refractivity contribution in [2.75, 3.05) is 17.2 Å². The molecular weight excluding hydrogens is 288 g/mol. The van der Waals surface area contributed by atoms with Crippen LogP contribution in [-0.4, -0.2) is 18.6 Å². The van der Waals surface area contributed by atoms with Crippen molar-refractivity contribution in [1.82, 2.24) is 0 Å². The molecule has 0 unspecified atom stereocenters. The lowest BCUT2D eigenvalue weighted by atomic mass is 10.1. The van der Waals surface area contributed by atoms with Gasteiger partial charge in [0.25, 0.3) is 0 Å². The van der Waals surface area contributed by atoms with Crippen LogP contribution in [0.2, 0.25) is 0 Å². The number of benzene rings is 2. The first-order valence-corrected chi connectivity index (χ1v) is 8.01. The van der Waals surface area contributed by atoms with Gasteiger partial charge in [-0.05, 0) is 62.2 Å². The maximum atomic E-state index is 12.2. The first-order chi connectivity index (χ1) is 11.1. The van der Waals surface area contributed by atoms with E-state index in [4.69, 9.17) is 4.74 Å². The second-order valence-corrected chi connectivity index (χ2v) is 5.36. The van der Waals surface area contributed by atoms with Gasteiger partial charge in [0.1, 0.15) is 11.8 Å². The van der Waals surface area contributed by atoms with E-state index in [0.29, 0.717) is 6.61 Å². The Morgan fingerprint density at radius 3 is 2.17 bits per heavy atom. The molecule has 0 aliphatic heterocycles. The molecule has 122 valence electrons. The highest BCUT2D eigenvalue weighted by molar-refractivity contribution is 5.96. The van der Waals surface area contributed by atoms with Gasteiger partial charge in [-0.1, -0.05) is 19.1 Å². The number of amides is 1. The van der Waals surface area contributed by atoms with E-state index in [1.807, 2.05) is 62.4 Å². The average molecular weight is 312 g/mol. The fourth-order valence-electron chi connectivity index (χ4n) is 2.20. The number of carbonyl (C=O) groups excluding carboxylic acids is 1. The SMILES string of the molecule is CCOc1ccc(N[C@@H](C)C(=O)Nc2ccc(CC)cc2)cc1. The number of rotatable bonds is 7. The molecule has 1 atom stereocenters. The van der Waals surface area contributed by atoms with Crippen LogP contribution in [0.15, 0.2) is 48.5 Å². The van der Waals surface area contributed by atoms with Crippen molar-refractivity contribution in [2.24, 2.45) is 0 Å². The van der Waals surface area contributed by atoms with Crippen molar-refractivity contribution in [3.05, 3.63) is 54.1 Å². The van der Waals surface area contributed by atoms with E-state index in [2.05, 4.69) is 17.6 Å². The predicted octanol–water partition coefficient (Wildman–Crippen LogP) is 4.09. The highest BCUT2D eigenvalue weighted by Gasteiger charge is 2.12. The maximum absolute atomic E-state index is 12.2. The lowest BCUT2D eigenvalue weighted by Crippen LogP contribution is -2.31. The minimum Gasteiger partial charge on any atom is -0.494 e. The Bertz CT molecular complexity index is 621. The molecule has 0 aliphatic carbocycles. The van der Waals surface area contributed by atoms with E-state index in [-0.39, 0.29) is 11.9 Å². The molecule has 0 bridgehead atoms. The molecule has 0 aliphatic rings. The van der Waals surface area contributed by atoms with Crippen molar-refractivity contribution in [3.8, 4) is 5.75 Å². The van der Waals surface area contributed by atoms with Gasteiger partial charge < -0.3 is 15.4 Å². The van der Waals surface area contributed by atoms with Crippen LogP contribution in [0.25, 0.3) is 0 Å². The van der Waals surface area contributed by atoms with Crippen molar-refractivity contribution in [3.63, 3.8) is 0 Å². The third-order valence-electron chi connectivity index (χ3n) is 3.57. The molecular formula is C19H24N2O2. The number of ether oxygens (including phenoxy) is 1. The minimum atomic E-state index is -0.334. The predicted molar refractivity (Wildman–Crippen MR) is 95.1 cm³/mol. The molecule has 2 N–H and O–H groups in total. The fraction of sp³-hybridized carbons (Fsp3) is 0.316.